The average Bonchev–Trinajstić information content (AvgIpc) is 3.08. The second kappa shape index (κ2) is 7.11. The van der Waals surface area contributed by atoms with E-state index in [9.17, 15) is 4.79 Å². The SMILES string of the molecule is CCc1cc(NC(=O)NCc2c(CC)noc2CC)n(C)n1. The number of urea groups is 1. The van der Waals surface area contributed by atoms with E-state index in [0.717, 1.165) is 42.0 Å². The highest BCUT2D eigenvalue weighted by atomic mass is 16.5. The third-order valence-corrected chi connectivity index (χ3v) is 3.57. The molecule has 2 amide bonds. The van der Waals surface area contributed by atoms with E-state index in [0.29, 0.717) is 12.4 Å². The van der Waals surface area contributed by atoms with Crippen molar-refractivity contribution in [2.24, 2.45) is 7.05 Å². The lowest BCUT2D eigenvalue weighted by Gasteiger charge is -2.08. The molecule has 0 aliphatic carbocycles. The molecule has 0 fully saturated rings. The van der Waals surface area contributed by atoms with Gasteiger partial charge in [0, 0.05) is 31.6 Å². The van der Waals surface area contributed by atoms with Gasteiger partial charge >= 0.3 is 6.03 Å². The average molecular weight is 305 g/mol. The minimum absolute atomic E-state index is 0.268. The summed E-state index contributed by atoms with van der Waals surface area (Å²) in [5, 5.41) is 14.0. The van der Waals surface area contributed by atoms with Crippen LogP contribution >= 0.6 is 0 Å². The molecule has 0 radical (unpaired) electrons. The number of hydrogen-bond donors (Lipinski definition) is 2. The van der Waals surface area contributed by atoms with Gasteiger partial charge in [-0.25, -0.2) is 4.79 Å². The van der Waals surface area contributed by atoms with Gasteiger partial charge in [0.2, 0.25) is 0 Å². The molecule has 0 unspecified atom stereocenters. The molecule has 0 saturated carbocycles. The number of rotatable bonds is 6. The lowest BCUT2D eigenvalue weighted by atomic mass is 10.1. The number of aromatic nitrogens is 3. The van der Waals surface area contributed by atoms with Gasteiger partial charge in [0.25, 0.3) is 0 Å². The van der Waals surface area contributed by atoms with Crippen molar-refractivity contribution in [3.8, 4) is 0 Å². The van der Waals surface area contributed by atoms with Crippen LogP contribution in [-0.4, -0.2) is 21.0 Å². The van der Waals surface area contributed by atoms with Crippen LogP contribution in [0.1, 0.15) is 43.5 Å². The Labute approximate surface area is 130 Å². The van der Waals surface area contributed by atoms with Crippen molar-refractivity contribution in [2.45, 2.75) is 46.6 Å². The number of anilines is 1. The molecule has 2 heterocycles. The number of carbonyl (C=O) groups is 1. The van der Waals surface area contributed by atoms with Crippen LogP contribution < -0.4 is 10.6 Å². The molecule has 0 aliphatic rings. The largest absolute Gasteiger partial charge is 0.361 e. The minimum Gasteiger partial charge on any atom is -0.361 e. The first-order valence-corrected chi connectivity index (χ1v) is 7.63. The summed E-state index contributed by atoms with van der Waals surface area (Å²) in [5.41, 5.74) is 2.81. The van der Waals surface area contributed by atoms with Crippen molar-refractivity contribution in [2.75, 3.05) is 5.32 Å². The van der Waals surface area contributed by atoms with Crippen LogP contribution in [0, 0.1) is 0 Å². The maximum absolute atomic E-state index is 12.0. The molecule has 0 bridgehead atoms. The van der Waals surface area contributed by atoms with Crippen LogP contribution in [0.4, 0.5) is 10.6 Å². The van der Waals surface area contributed by atoms with E-state index in [-0.39, 0.29) is 6.03 Å². The third kappa shape index (κ3) is 3.47. The zero-order chi connectivity index (χ0) is 16.1. The summed E-state index contributed by atoms with van der Waals surface area (Å²) in [5.74, 6) is 1.50. The molecule has 0 atom stereocenters. The summed E-state index contributed by atoms with van der Waals surface area (Å²) < 4.78 is 6.95. The molecule has 2 aromatic heterocycles. The summed E-state index contributed by atoms with van der Waals surface area (Å²) >= 11 is 0. The number of nitrogens with one attached hydrogen (secondary N) is 2. The predicted molar refractivity (Wildman–Crippen MR) is 83.7 cm³/mol. The number of aryl methyl sites for hydroxylation is 4. The predicted octanol–water partition coefficient (Wildman–Crippen LogP) is 2.42. The monoisotopic (exact) mass is 305 g/mol. The minimum atomic E-state index is -0.268. The van der Waals surface area contributed by atoms with Crippen molar-refractivity contribution < 1.29 is 9.32 Å². The molecular weight excluding hydrogens is 282 g/mol. The Morgan fingerprint density at radius 2 is 2.05 bits per heavy atom. The van der Waals surface area contributed by atoms with Crippen molar-refractivity contribution in [1.82, 2.24) is 20.3 Å². The molecule has 22 heavy (non-hydrogen) atoms. The van der Waals surface area contributed by atoms with Crippen LogP contribution in [0.15, 0.2) is 10.6 Å². The van der Waals surface area contributed by atoms with Crippen LogP contribution in [0.5, 0.6) is 0 Å². The molecule has 120 valence electrons. The first-order valence-electron chi connectivity index (χ1n) is 7.63. The topological polar surface area (TPSA) is 85.0 Å². The van der Waals surface area contributed by atoms with E-state index in [1.807, 2.05) is 26.8 Å². The van der Waals surface area contributed by atoms with Crippen molar-refractivity contribution in [1.29, 1.82) is 0 Å². The van der Waals surface area contributed by atoms with Crippen molar-refractivity contribution in [3.05, 3.63) is 28.8 Å². The first kappa shape index (κ1) is 16.1. The summed E-state index contributed by atoms with van der Waals surface area (Å²) in [7, 11) is 1.80. The Morgan fingerprint density at radius 1 is 1.27 bits per heavy atom. The van der Waals surface area contributed by atoms with E-state index in [1.165, 1.54) is 0 Å². The van der Waals surface area contributed by atoms with Gasteiger partial charge in [-0.2, -0.15) is 5.10 Å². The van der Waals surface area contributed by atoms with E-state index in [1.54, 1.807) is 11.7 Å². The molecule has 0 spiro atoms. The molecule has 2 rings (SSSR count). The maximum atomic E-state index is 12.0. The quantitative estimate of drug-likeness (QED) is 0.858. The zero-order valence-corrected chi connectivity index (χ0v) is 13.6. The zero-order valence-electron chi connectivity index (χ0n) is 13.6. The maximum Gasteiger partial charge on any atom is 0.320 e. The highest BCUT2D eigenvalue weighted by molar-refractivity contribution is 5.88. The van der Waals surface area contributed by atoms with Gasteiger partial charge < -0.3 is 9.84 Å². The highest BCUT2D eigenvalue weighted by Crippen LogP contribution is 2.15. The Kier molecular flexibility index (Phi) is 5.19. The van der Waals surface area contributed by atoms with Gasteiger partial charge in [-0.15, -0.1) is 0 Å². The van der Waals surface area contributed by atoms with E-state index >= 15 is 0 Å². The summed E-state index contributed by atoms with van der Waals surface area (Å²) in [6.07, 6.45) is 2.37. The molecule has 0 saturated heterocycles. The van der Waals surface area contributed by atoms with Crippen LogP contribution in [0.3, 0.4) is 0 Å². The lowest BCUT2D eigenvalue weighted by Crippen LogP contribution is -2.29. The number of amides is 2. The molecule has 0 aromatic carbocycles. The fourth-order valence-corrected chi connectivity index (χ4v) is 2.28. The van der Waals surface area contributed by atoms with Crippen LogP contribution in [0.25, 0.3) is 0 Å². The molecular formula is C15H23N5O2. The lowest BCUT2D eigenvalue weighted by molar-refractivity contribution is 0.251. The number of nitrogens with zero attached hydrogens (tertiary/aromatic N) is 3. The van der Waals surface area contributed by atoms with Crippen molar-refractivity contribution >= 4 is 11.8 Å². The number of hydrogen-bond acceptors (Lipinski definition) is 4. The van der Waals surface area contributed by atoms with E-state index < -0.39 is 0 Å². The molecule has 7 heteroatoms. The second-order valence-electron chi connectivity index (χ2n) is 5.04. The Morgan fingerprint density at radius 3 is 2.64 bits per heavy atom. The standard InChI is InChI=1S/C15H23N5O2/c1-5-10-8-14(20(4)18-10)17-15(21)16-9-11-12(6-2)19-22-13(11)7-3/h8H,5-7,9H2,1-4H3,(H2,16,17,21). The van der Waals surface area contributed by atoms with Gasteiger partial charge in [0.05, 0.1) is 11.4 Å². The fourth-order valence-electron chi connectivity index (χ4n) is 2.28. The molecule has 2 aromatic rings. The molecule has 0 aliphatic heterocycles. The highest BCUT2D eigenvalue weighted by Gasteiger charge is 2.14. The van der Waals surface area contributed by atoms with Gasteiger partial charge in [-0.05, 0) is 12.8 Å². The van der Waals surface area contributed by atoms with Gasteiger partial charge in [0.1, 0.15) is 11.6 Å². The second-order valence-corrected chi connectivity index (χ2v) is 5.04. The summed E-state index contributed by atoms with van der Waals surface area (Å²) in [4.78, 5) is 12.0. The van der Waals surface area contributed by atoms with Crippen LogP contribution in [0.2, 0.25) is 0 Å². The Bertz CT molecular complexity index is 623. The molecule has 7 nitrogen and oxygen atoms in total. The van der Waals surface area contributed by atoms with Gasteiger partial charge in [-0.3, -0.25) is 10.00 Å². The van der Waals surface area contributed by atoms with Crippen molar-refractivity contribution in [3.63, 3.8) is 0 Å². The fraction of sp³-hybridized carbons (Fsp3) is 0.533. The van der Waals surface area contributed by atoms with Gasteiger partial charge in [0.15, 0.2) is 0 Å². The number of carbonyl (C=O) groups excluding carboxylic acids is 1. The first-order chi connectivity index (χ1) is 10.6. The van der Waals surface area contributed by atoms with E-state index in [2.05, 4.69) is 20.9 Å². The Hall–Kier alpha value is -2.31. The Balaban J connectivity index is 1.98. The summed E-state index contributed by atoms with van der Waals surface area (Å²) in [6.45, 7) is 6.45. The van der Waals surface area contributed by atoms with Crippen LogP contribution in [-0.2, 0) is 32.9 Å². The third-order valence-electron chi connectivity index (χ3n) is 3.57. The normalized spacial score (nSPS) is 10.7. The smallest absolute Gasteiger partial charge is 0.320 e. The van der Waals surface area contributed by atoms with E-state index in [4.69, 9.17) is 4.52 Å². The van der Waals surface area contributed by atoms with Gasteiger partial charge in [-0.1, -0.05) is 25.9 Å². The summed E-state index contributed by atoms with van der Waals surface area (Å²) in [6, 6.07) is 1.60. The molecule has 2 N–H and O–H groups in total.